The van der Waals surface area contributed by atoms with Crippen LogP contribution in [0.2, 0.25) is 0 Å². The summed E-state index contributed by atoms with van der Waals surface area (Å²) in [5.74, 6) is -4.68. The number of rotatable bonds is 7. The van der Waals surface area contributed by atoms with Gasteiger partial charge in [0.1, 0.15) is 18.2 Å². The average molecular weight is 700 g/mol. The smallest absolute Gasteiger partial charge is 0.420 e. The fourth-order valence-corrected chi connectivity index (χ4v) is 4.59. The summed E-state index contributed by atoms with van der Waals surface area (Å²) < 4.78 is 196. The molecule has 0 spiro atoms. The van der Waals surface area contributed by atoms with E-state index >= 15 is 0 Å². The molecule has 4 aromatic carbocycles. The van der Waals surface area contributed by atoms with Gasteiger partial charge in [-0.3, -0.25) is 0 Å². The van der Waals surface area contributed by atoms with Crippen molar-refractivity contribution in [2.45, 2.75) is 37.0 Å². The second-order valence-corrected chi connectivity index (χ2v) is 10.6. The monoisotopic (exact) mass is 700 g/mol. The van der Waals surface area contributed by atoms with Crippen LogP contribution in [0.5, 0.6) is 23.0 Å². The number of hydrogen-bond acceptors (Lipinski definition) is 4. The minimum Gasteiger partial charge on any atom is -0.456 e. The van der Waals surface area contributed by atoms with Gasteiger partial charge in [-0.2, -0.15) is 52.7 Å². The van der Waals surface area contributed by atoms with Crippen molar-refractivity contribution in [1.29, 1.82) is 0 Å². The minimum absolute atomic E-state index is 0.0270. The van der Waals surface area contributed by atoms with Crippen molar-refractivity contribution in [2.24, 2.45) is 0 Å². The molecule has 0 bridgehead atoms. The van der Waals surface area contributed by atoms with Gasteiger partial charge in [0.2, 0.25) is 0 Å². The molecule has 4 rings (SSSR count). The fourth-order valence-electron chi connectivity index (χ4n) is 4.59. The molecule has 0 aliphatic rings. The maximum atomic E-state index is 14.9. The molecule has 0 heterocycles. The van der Waals surface area contributed by atoms with Crippen molar-refractivity contribution >= 4 is 11.4 Å². The summed E-state index contributed by atoms with van der Waals surface area (Å²) in [6.45, 7) is -1.49. The van der Waals surface area contributed by atoms with Crippen molar-refractivity contribution in [1.82, 2.24) is 0 Å². The summed E-state index contributed by atoms with van der Waals surface area (Å²) in [5.41, 5.74) is -2.93. The highest BCUT2D eigenvalue weighted by atomic mass is 19.4. The predicted octanol–water partition coefficient (Wildman–Crippen LogP) is 10.8. The van der Waals surface area contributed by atoms with Gasteiger partial charge in [0.15, 0.2) is 11.5 Å². The first kappa shape index (κ1) is 36.0. The van der Waals surface area contributed by atoms with E-state index < -0.39 is 93.2 Å². The van der Waals surface area contributed by atoms with E-state index in [4.69, 9.17) is 20.9 Å². The van der Waals surface area contributed by atoms with Crippen LogP contribution in [0.25, 0.3) is 0 Å². The number of halogens is 13. The molecular formula is C31H21F13N2O2. The lowest BCUT2D eigenvalue weighted by Crippen LogP contribution is -2.29. The molecule has 0 aromatic heterocycles. The van der Waals surface area contributed by atoms with Gasteiger partial charge in [-0.15, -0.1) is 0 Å². The molecule has 4 nitrogen and oxygen atoms in total. The van der Waals surface area contributed by atoms with Crippen molar-refractivity contribution in [3.8, 4) is 23.0 Å². The Bertz CT molecular complexity index is 1580. The van der Waals surface area contributed by atoms with Crippen LogP contribution < -0.4 is 20.9 Å². The Morgan fingerprint density at radius 3 is 0.938 bits per heavy atom. The van der Waals surface area contributed by atoms with Crippen LogP contribution in [-0.4, -0.2) is 6.67 Å². The third kappa shape index (κ3) is 7.49. The molecule has 4 aromatic rings. The van der Waals surface area contributed by atoms with E-state index in [1.165, 1.54) is 0 Å². The number of nitrogen functional groups attached to an aromatic ring is 2. The zero-order valence-electron chi connectivity index (χ0n) is 24.0. The molecule has 4 N–H and O–H groups in total. The largest absolute Gasteiger partial charge is 0.456 e. The van der Waals surface area contributed by atoms with E-state index in [2.05, 4.69) is 0 Å². The van der Waals surface area contributed by atoms with Crippen LogP contribution in [0.4, 0.5) is 68.5 Å². The highest BCUT2D eigenvalue weighted by molar-refractivity contribution is 5.58. The van der Waals surface area contributed by atoms with Gasteiger partial charge < -0.3 is 20.9 Å². The molecule has 0 saturated heterocycles. The summed E-state index contributed by atoms with van der Waals surface area (Å²) in [7, 11) is 0. The van der Waals surface area contributed by atoms with E-state index in [1.807, 2.05) is 0 Å². The topological polar surface area (TPSA) is 70.5 Å². The predicted molar refractivity (Wildman–Crippen MR) is 147 cm³/mol. The highest BCUT2D eigenvalue weighted by Gasteiger charge is 2.48. The van der Waals surface area contributed by atoms with E-state index in [0.29, 0.717) is 6.92 Å². The van der Waals surface area contributed by atoms with Crippen molar-refractivity contribution in [3.63, 3.8) is 0 Å². The summed E-state index contributed by atoms with van der Waals surface area (Å²) in [6, 6.07) is 8.07. The maximum Gasteiger partial charge on any atom is 0.420 e. The van der Waals surface area contributed by atoms with Crippen LogP contribution >= 0.6 is 0 Å². The number of benzene rings is 4. The molecular weight excluding hydrogens is 679 g/mol. The lowest BCUT2D eigenvalue weighted by molar-refractivity contribution is -0.146. The zero-order valence-corrected chi connectivity index (χ0v) is 24.0. The second kappa shape index (κ2) is 12.3. The molecule has 48 heavy (non-hydrogen) atoms. The van der Waals surface area contributed by atoms with E-state index in [0.717, 1.165) is 48.5 Å². The second-order valence-electron chi connectivity index (χ2n) is 10.6. The maximum absolute atomic E-state index is 14.9. The number of nitrogens with two attached hydrogens (primary N) is 2. The van der Waals surface area contributed by atoms with Gasteiger partial charge >= 0.3 is 24.7 Å². The van der Waals surface area contributed by atoms with E-state index in [1.54, 1.807) is 0 Å². The van der Waals surface area contributed by atoms with Gasteiger partial charge in [0.25, 0.3) is 0 Å². The minimum atomic E-state index is -5.65. The Morgan fingerprint density at radius 1 is 0.479 bits per heavy atom. The van der Waals surface area contributed by atoms with Crippen LogP contribution in [-0.2, 0) is 30.1 Å². The number of anilines is 2. The first-order valence-electron chi connectivity index (χ1n) is 13.2. The first-order valence-corrected chi connectivity index (χ1v) is 13.2. The third-order valence-corrected chi connectivity index (χ3v) is 7.14. The molecule has 0 unspecified atom stereocenters. The summed E-state index contributed by atoms with van der Waals surface area (Å²) in [4.78, 5) is 0. The Hall–Kier alpha value is -4.83. The molecule has 0 saturated carbocycles. The number of ether oxygens (including phenoxy) is 2. The van der Waals surface area contributed by atoms with Crippen LogP contribution in [0.15, 0.2) is 72.8 Å². The fraction of sp³-hybridized carbons (Fsp3) is 0.226. The molecule has 258 valence electrons. The highest BCUT2D eigenvalue weighted by Crippen LogP contribution is 2.52. The van der Waals surface area contributed by atoms with Crippen LogP contribution in [0.1, 0.15) is 40.3 Å². The average Bonchev–Trinajstić information content (AvgIpc) is 2.96. The van der Waals surface area contributed by atoms with Gasteiger partial charge in [-0.05, 0) is 90.8 Å². The Balaban J connectivity index is 2.04. The zero-order chi connectivity index (χ0) is 36.0. The van der Waals surface area contributed by atoms with E-state index in [9.17, 15) is 57.1 Å². The van der Waals surface area contributed by atoms with Crippen molar-refractivity contribution in [2.75, 3.05) is 18.1 Å². The normalized spacial score (nSPS) is 13.0. The van der Waals surface area contributed by atoms with Gasteiger partial charge in [0.05, 0.1) is 22.3 Å². The van der Waals surface area contributed by atoms with Gasteiger partial charge in [-0.25, -0.2) is 4.39 Å². The Kier molecular flexibility index (Phi) is 9.24. The molecule has 17 heteroatoms. The summed E-state index contributed by atoms with van der Waals surface area (Å²) >= 11 is 0. The molecule has 0 amide bonds. The standard InChI is InChI=1S/C31H21F13N2O2/c1-27(14-32,15-10-21(28(33,34)35)25(22(11-15)29(36,37)38)47-19-6-2-17(45)3-7-19)16-12-23(30(39,40)41)26(24(13-16)31(42,43)44)48-20-8-4-18(46)5-9-20/h2-13H,14,45-46H2,1H3. The Morgan fingerprint density at radius 2 is 0.729 bits per heavy atom. The Labute approximate surface area is 262 Å². The summed E-state index contributed by atoms with van der Waals surface area (Å²) in [5, 5.41) is 0. The number of hydrogen-bond donors (Lipinski definition) is 2. The third-order valence-electron chi connectivity index (χ3n) is 7.14. The molecule has 0 radical (unpaired) electrons. The lowest BCUT2D eigenvalue weighted by atomic mass is 9.75. The van der Waals surface area contributed by atoms with Crippen molar-refractivity contribution in [3.05, 3.63) is 106 Å². The molecule has 0 atom stereocenters. The SMILES string of the molecule is CC(CF)(c1cc(C(F)(F)F)c(Oc2ccc(N)cc2)c(C(F)(F)F)c1)c1cc(C(F)(F)F)c(Oc2ccc(N)cc2)c(C(F)(F)F)c1. The first-order chi connectivity index (χ1) is 21.9. The van der Waals surface area contributed by atoms with Gasteiger partial charge in [0, 0.05) is 16.8 Å². The molecule has 0 aliphatic heterocycles. The van der Waals surface area contributed by atoms with Crippen LogP contribution in [0, 0.1) is 0 Å². The van der Waals surface area contributed by atoms with Crippen LogP contribution in [0.3, 0.4) is 0 Å². The molecule has 0 aliphatic carbocycles. The van der Waals surface area contributed by atoms with E-state index in [-0.39, 0.29) is 35.6 Å². The van der Waals surface area contributed by atoms with Gasteiger partial charge in [-0.1, -0.05) is 0 Å². The quantitative estimate of drug-likeness (QED) is 0.149. The number of alkyl halides is 13. The molecule has 0 fully saturated rings. The summed E-state index contributed by atoms with van der Waals surface area (Å²) in [6.07, 6.45) is -22.6. The van der Waals surface area contributed by atoms with Crippen molar-refractivity contribution < 1.29 is 66.5 Å². The lowest BCUT2D eigenvalue weighted by Gasteiger charge is -2.32.